The highest BCUT2D eigenvalue weighted by molar-refractivity contribution is 8.13. The lowest BCUT2D eigenvalue weighted by Gasteiger charge is -2.38. The number of hydrogen-bond donors (Lipinski definition) is 1. The number of rotatable bonds is 2. The number of carbonyl (C=O) groups excluding carboxylic acids is 1. The van der Waals surface area contributed by atoms with Gasteiger partial charge < -0.3 is 10.1 Å². The number of carbonyl (C=O) groups is 1. The van der Waals surface area contributed by atoms with E-state index in [0.29, 0.717) is 5.41 Å². The third kappa shape index (κ3) is 3.37. The number of aliphatic imine (C=N–C) groups is 1. The lowest BCUT2D eigenvalue weighted by Crippen LogP contribution is -2.38. The minimum Gasteiger partial charge on any atom is -0.468 e. The molecular weight excluding hydrogens is 236 g/mol. The maximum absolute atomic E-state index is 11.0. The van der Waals surface area contributed by atoms with E-state index >= 15 is 0 Å². The Bertz CT molecular complexity index is 312. The van der Waals surface area contributed by atoms with E-state index in [2.05, 4.69) is 15.0 Å². The Labute approximate surface area is 107 Å². The second-order valence-corrected chi connectivity index (χ2v) is 5.86. The van der Waals surface area contributed by atoms with E-state index in [1.54, 1.807) is 11.8 Å². The summed E-state index contributed by atoms with van der Waals surface area (Å²) in [7, 11) is 1.40. The van der Waals surface area contributed by atoms with Gasteiger partial charge in [0.1, 0.15) is 6.54 Å². The van der Waals surface area contributed by atoms with Gasteiger partial charge in [-0.1, -0.05) is 31.0 Å². The molecule has 1 aliphatic carbocycles. The summed E-state index contributed by atoms with van der Waals surface area (Å²) >= 11 is 1.75. The predicted molar refractivity (Wildman–Crippen MR) is 70.3 cm³/mol. The van der Waals surface area contributed by atoms with E-state index in [-0.39, 0.29) is 12.5 Å². The zero-order valence-electron chi connectivity index (χ0n) is 10.3. The van der Waals surface area contributed by atoms with Gasteiger partial charge in [-0.25, -0.2) is 0 Å². The summed E-state index contributed by atoms with van der Waals surface area (Å²) in [6.07, 6.45) is 6.70. The van der Waals surface area contributed by atoms with E-state index in [0.717, 1.165) is 17.5 Å². The maximum atomic E-state index is 11.0. The van der Waals surface area contributed by atoms with Gasteiger partial charge in [0.25, 0.3) is 0 Å². The van der Waals surface area contributed by atoms with Crippen LogP contribution in [0.1, 0.15) is 32.1 Å². The van der Waals surface area contributed by atoms with Crippen LogP contribution in [0.3, 0.4) is 0 Å². The van der Waals surface area contributed by atoms with Gasteiger partial charge in [0.15, 0.2) is 5.17 Å². The van der Waals surface area contributed by atoms with Crippen molar-refractivity contribution in [3.8, 4) is 0 Å². The topological polar surface area (TPSA) is 50.7 Å². The van der Waals surface area contributed by atoms with Gasteiger partial charge in [-0.05, 0) is 18.3 Å². The zero-order chi connectivity index (χ0) is 12.1. The minimum absolute atomic E-state index is 0.218. The number of hydrogen-bond acceptors (Lipinski definition) is 5. The molecule has 1 aliphatic heterocycles. The molecule has 0 unspecified atom stereocenters. The fourth-order valence-electron chi connectivity index (χ4n) is 2.48. The Balaban J connectivity index is 1.82. The highest BCUT2D eigenvalue weighted by Gasteiger charge is 2.34. The first-order chi connectivity index (χ1) is 8.24. The summed E-state index contributed by atoms with van der Waals surface area (Å²) in [6, 6.07) is 0. The van der Waals surface area contributed by atoms with Crippen molar-refractivity contribution in [2.45, 2.75) is 32.1 Å². The van der Waals surface area contributed by atoms with Crippen LogP contribution >= 0.6 is 11.8 Å². The molecule has 5 heteroatoms. The number of nitrogens with one attached hydrogen (secondary N) is 1. The van der Waals surface area contributed by atoms with Crippen LogP contribution in [0.15, 0.2) is 4.99 Å². The second kappa shape index (κ2) is 5.76. The van der Waals surface area contributed by atoms with Gasteiger partial charge in [-0.15, -0.1) is 0 Å². The van der Waals surface area contributed by atoms with Gasteiger partial charge in [0, 0.05) is 12.3 Å². The zero-order valence-corrected chi connectivity index (χ0v) is 11.1. The molecule has 0 bridgehead atoms. The molecule has 1 fully saturated rings. The van der Waals surface area contributed by atoms with Crippen LogP contribution in [0.2, 0.25) is 0 Å². The third-order valence-corrected chi connectivity index (χ3v) is 4.90. The summed E-state index contributed by atoms with van der Waals surface area (Å²) < 4.78 is 4.59. The van der Waals surface area contributed by atoms with Crippen molar-refractivity contribution in [3.05, 3.63) is 0 Å². The number of methoxy groups -OCH3 is 1. The minimum atomic E-state index is -0.244. The van der Waals surface area contributed by atoms with Crippen LogP contribution in [-0.2, 0) is 9.53 Å². The van der Waals surface area contributed by atoms with E-state index in [1.807, 2.05) is 0 Å². The monoisotopic (exact) mass is 256 g/mol. The van der Waals surface area contributed by atoms with Gasteiger partial charge in [-0.3, -0.25) is 9.79 Å². The summed E-state index contributed by atoms with van der Waals surface area (Å²) in [5, 5.41) is 3.93. The molecule has 2 aliphatic rings. The molecule has 17 heavy (non-hydrogen) atoms. The molecule has 1 saturated carbocycles. The molecule has 0 radical (unpaired) electrons. The summed E-state index contributed by atoms with van der Waals surface area (Å²) in [5.41, 5.74) is 0.444. The van der Waals surface area contributed by atoms with Crippen LogP contribution in [0.4, 0.5) is 0 Å². The van der Waals surface area contributed by atoms with Crippen molar-refractivity contribution in [1.82, 2.24) is 5.32 Å². The van der Waals surface area contributed by atoms with E-state index in [4.69, 9.17) is 0 Å². The molecule has 4 nitrogen and oxygen atoms in total. The molecule has 1 spiro atoms. The largest absolute Gasteiger partial charge is 0.468 e. The molecule has 0 aromatic carbocycles. The Morgan fingerprint density at radius 1 is 1.47 bits per heavy atom. The number of amidine groups is 1. The fraction of sp³-hybridized carbons (Fsp3) is 0.833. The second-order valence-electron chi connectivity index (χ2n) is 4.90. The van der Waals surface area contributed by atoms with Crippen molar-refractivity contribution in [2.24, 2.45) is 10.4 Å². The summed E-state index contributed by atoms with van der Waals surface area (Å²) in [4.78, 5) is 15.6. The predicted octanol–water partition coefficient (Wildman–Crippen LogP) is 1.80. The number of nitrogens with zero attached hydrogens (tertiary/aromatic N) is 1. The Hall–Kier alpha value is -0.710. The lowest BCUT2D eigenvalue weighted by molar-refractivity contribution is -0.139. The summed E-state index contributed by atoms with van der Waals surface area (Å²) in [6.45, 7) is 1.14. The SMILES string of the molecule is COC(=O)CNC1=NCC2(CCCCC2)CS1. The Morgan fingerprint density at radius 2 is 2.24 bits per heavy atom. The van der Waals surface area contributed by atoms with E-state index in [1.165, 1.54) is 39.2 Å². The van der Waals surface area contributed by atoms with Gasteiger partial charge >= 0.3 is 5.97 Å². The first kappa shape index (κ1) is 12.7. The third-order valence-electron chi connectivity index (χ3n) is 3.60. The Morgan fingerprint density at radius 3 is 2.82 bits per heavy atom. The number of thioether (sulfide) groups is 1. The van der Waals surface area contributed by atoms with Gasteiger partial charge in [0.05, 0.1) is 7.11 Å². The van der Waals surface area contributed by atoms with Crippen LogP contribution in [0.25, 0.3) is 0 Å². The van der Waals surface area contributed by atoms with Crippen molar-refractivity contribution in [3.63, 3.8) is 0 Å². The van der Waals surface area contributed by atoms with Crippen molar-refractivity contribution < 1.29 is 9.53 Å². The molecule has 2 rings (SSSR count). The average Bonchev–Trinajstić information content (AvgIpc) is 2.39. The van der Waals surface area contributed by atoms with Gasteiger partial charge in [0.2, 0.25) is 0 Å². The molecule has 0 aromatic rings. The van der Waals surface area contributed by atoms with E-state index in [9.17, 15) is 4.79 Å². The standard InChI is InChI=1S/C12H20N2O2S/c1-16-10(15)7-13-11-14-8-12(9-17-11)5-3-2-4-6-12/h2-9H2,1H3,(H,13,14). The fourth-order valence-corrected chi connectivity index (χ4v) is 3.64. The highest BCUT2D eigenvalue weighted by atomic mass is 32.2. The van der Waals surface area contributed by atoms with Crippen molar-refractivity contribution in [2.75, 3.05) is 26.0 Å². The molecule has 1 heterocycles. The smallest absolute Gasteiger partial charge is 0.325 e. The Kier molecular flexibility index (Phi) is 4.31. The van der Waals surface area contributed by atoms with E-state index < -0.39 is 0 Å². The quantitative estimate of drug-likeness (QED) is 0.765. The van der Waals surface area contributed by atoms with Crippen LogP contribution in [0.5, 0.6) is 0 Å². The van der Waals surface area contributed by atoms with Crippen LogP contribution < -0.4 is 5.32 Å². The van der Waals surface area contributed by atoms with Crippen LogP contribution in [-0.4, -0.2) is 37.1 Å². The molecule has 0 aromatic heterocycles. The van der Waals surface area contributed by atoms with Crippen LogP contribution in [0, 0.1) is 5.41 Å². The number of ether oxygens (including phenoxy) is 1. The molecule has 1 N–H and O–H groups in total. The number of esters is 1. The maximum Gasteiger partial charge on any atom is 0.325 e. The highest BCUT2D eigenvalue weighted by Crippen LogP contribution is 2.41. The van der Waals surface area contributed by atoms with Gasteiger partial charge in [-0.2, -0.15) is 0 Å². The molecule has 96 valence electrons. The summed E-state index contributed by atoms with van der Waals surface area (Å²) in [5.74, 6) is 0.895. The average molecular weight is 256 g/mol. The van der Waals surface area contributed by atoms with Crippen molar-refractivity contribution >= 4 is 22.9 Å². The van der Waals surface area contributed by atoms with Crippen molar-refractivity contribution in [1.29, 1.82) is 0 Å². The molecular formula is C12H20N2O2S. The first-order valence-electron chi connectivity index (χ1n) is 6.22. The molecule has 0 amide bonds. The lowest BCUT2D eigenvalue weighted by atomic mass is 9.75. The molecule has 0 atom stereocenters. The molecule has 0 saturated heterocycles. The normalized spacial score (nSPS) is 23.0. The first-order valence-corrected chi connectivity index (χ1v) is 7.21.